The normalized spacial score (nSPS) is 12.1. The molecule has 0 radical (unpaired) electrons. The van der Waals surface area contributed by atoms with Crippen molar-refractivity contribution in [2.45, 2.75) is 97.1 Å². The van der Waals surface area contributed by atoms with Gasteiger partial charge in [-0.3, -0.25) is 4.79 Å². The van der Waals surface area contributed by atoms with E-state index in [2.05, 4.69) is 59.3 Å². The Kier molecular flexibility index (Phi) is 11.2. The third kappa shape index (κ3) is 8.54. The van der Waals surface area contributed by atoms with Gasteiger partial charge in [0.1, 0.15) is 5.82 Å². The fraction of sp³-hybridized carbons (Fsp3) is 0.429. The second-order valence-electron chi connectivity index (χ2n) is 10.8. The number of unbranched alkanes of at least 4 members (excludes halogenated alkanes) is 9. The number of aryl methyl sites for hydroxylation is 1. The van der Waals surface area contributed by atoms with Crippen molar-refractivity contribution in [3.05, 3.63) is 90.3 Å². The molecule has 0 fully saturated rings. The van der Waals surface area contributed by atoms with Crippen molar-refractivity contribution >= 4 is 16.9 Å². The van der Waals surface area contributed by atoms with Crippen LogP contribution in [0.15, 0.2) is 78.9 Å². The van der Waals surface area contributed by atoms with Crippen LogP contribution in [0.3, 0.4) is 0 Å². The van der Waals surface area contributed by atoms with Crippen LogP contribution in [0.25, 0.3) is 22.2 Å². The van der Waals surface area contributed by atoms with Gasteiger partial charge in [-0.15, -0.1) is 0 Å². The van der Waals surface area contributed by atoms with E-state index in [0.717, 1.165) is 41.0 Å². The molecule has 206 valence electrons. The molecule has 0 bridgehead atoms. The Labute approximate surface area is 234 Å². The van der Waals surface area contributed by atoms with Crippen LogP contribution < -0.4 is 5.32 Å². The zero-order valence-electron chi connectivity index (χ0n) is 23.9. The number of rotatable bonds is 16. The molecule has 39 heavy (non-hydrogen) atoms. The summed E-state index contributed by atoms with van der Waals surface area (Å²) in [6.07, 6.45) is 13.6. The summed E-state index contributed by atoms with van der Waals surface area (Å²) in [7, 11) is 0. The fourth-order valence-corrected chi connectivity index (χ4v) is 5.41. The molecular formula is C35H45N3O. The van der Waals surface area contributed by atoms with E-state index in [1.54, 1.807) is 0 Å². The van der Waals surface area contributed by atoms with Crippen molar-refractivity contribution in [1.82, 2.24) is 14.9 Å². The number of nitrogens with zero attached hydrogens (tertiary/aromatic N) is 2. The number of hydrogen-bond acceptors (Lipinski definition) is 2. The molecule has 0 aliphatic carbocycles. The summed E-state index contributed by atoms with van der Waals surface area (Å²) in [4.78, 5) is 17.9. The van der Waals surface area contributed by atoms with Gasteiger partial charge in [-0.25, -0.2) is 4.98 Å². The summed E-state index contributed by atoms with van der Waals surface area (Å²) < 4.78 is 2.32. The summed E-state index contributed by atoms with van der Waals surface area (Å²) in [5.74, 6) is 0.965. The number of aromatic nitrogens is 2. The minimum Gasteiger partial charge on any atom is -0.346 e. The Morgan fingerprint density at radius 1 is 0.744 bits per heavy atom. The van der Waals surface area contributed by atoms with E-state index >= 15 is 0 Å². The second kappa shape index (κ2) is 15.3. The summed E-state index contributed by atoms with van der Waals surface area (Å²) >= 11 is 0. The molecule has 1 aromatic heterocycles. The highest BCUT2D eigenvalue weighted by Gasteiger charge is 2.18. The van der Waals surface area contributed by atoms with Gasteiger partial charge in [-0.2, -0.15) is 0 Å². The molecule has 3 aromatic carbocycles. The summed E-state index contributed by atoms with van der Waals surface area (Å²) in [5, 5.41) is 3.21. The van der Waals surface area contributed by atoms with Crippen LogP contribution in [-0.2, 0) is 17.8 Å². The van der Waals surface area contributed by atoms with Crippen LogP contribution in [0, 0.1) is 0 Å². The summed E-state index contributed by atoms with van der Waals surface area (Å²) in [5.41, 5.74) is 5.51. The Hall–Kier alpha value is -3.40. The smallest absolute Gasteiger partial charge is 0.224 e. The minimum atomic E-state index is -0.156. The first-order chi connectivity index (χ1) is 19.2. The first kappa shape index (κ1) is 28.6. The number of fused-ring (bicyclic) bond motifs is 1. The van der Waals surface area contributed by atoms with Crippen molar-refractivity contribution in [2.75, 3.05) is 0 Å². The number of carbonyl (C=O) groups is 1. The van der Waals surface area contributed by atoms with E-state index in [-0.39, 0.29) is 11.9 Å². The van der Waals surface area contributed by atoms with Gasteiger partial charge in [0.05, 0.1) is 23.5 Å². The van der Waals surface area contributed by atoms with Gasteiger partial charge in [0.15, 0.2) is 0 Å². The van der Waals surface area contributed by atoms with Gasteiger partial charge in [-0.05, 0) is 42.2 Å². The molecule has 1 amide bonds. The topological polar surface area (TPSA) is 46.9 Å². The van der Waals surface area contributed by atoms with Crippen LogP contribution >= 0.6 is 0 Å². The quantitative estimate of drug-likeness (QED) is 0.149. The SMILES string of the molecule is CCCCCCCCCCCCn1c(C(C)NC(=O)Cc2ccc(-c3ccccc3)cc2)nc2ccccc21. The molecule has 1 atom stereocenters. The van der Waals surface area contributed by atoms with E-state index < -0.39 is 0 Å². The molecular weight excluding hydrogens is 478 g/mol. The first-order valence-electron chi connectivity index (χ1n) is 15.0. The van der Waals surface area contributed by atoms with Crippen LogP contribution in [0.4, 0.5) is 0 Å². The van der Waals surface area contributed by atoms with Gasteiger partial charge in [0.25, 0.3) is 0 Å². The number of hydrogen-bond donors (Lipinski definition) is 1. The maximum absolute atomic E-state index is 13.0. The highest BCUT2D eigenvalue weighted by Crippen LogP contribution is 2.23. The van der Waals surface area contributed by atoms with E-state index in [4.69, 9.17) is 4.98 Å². The molecule has 0 saturated heterocycles. The standard InChI is InChI=1S/C35H45N3O/c1-3-4-5-6-7-8-9-10-11-17-26-38-33-21-16-15-20-32(33)37-35(38)28(2)36-34(39)27-29-22-24-31(25-23-29)30-18-13-12-14-19-30/h12-16,18-25,28H,3-11,17,26-27H2,1-2H3,(H,36,39). The van der Waals surface area contributed by atoms with Gasteiger partial charge in [0, 0.05) is 6.54 Å². The highest BCUT2D eigenvalue weighted by molar-refractivity contribution is 5.80. The average Bonchev–Trinajstić information content (AvgIpc) is 3.33. The van der Waals surface area contributed by atoms with E-state index in [1.807, 2.05) is 43.3 Å². The predicted molar refractivity (Wildman–Crippen MR) is 164 cm³/mol. The van der Waals surface area contributed by atoms with E-state index in [1.165, 1.54) is 63.4 Å². The molecule has 4 aromatic rings. The van der Waals surface area contributed by atoms with Crippen LogP contribution in [0.1, 0.15) is 95.5 Å². The molecule has 0 aliphatic heterocycles. The Morgan fingerprint density at radius 2 is 1.33 bits per heavy atom. The van der Waals surface area contributed by atoms with Crippen molar-refractivity contribution < 1.29 is 4.79 Å². The number of carbonyl (C=O) groups excluding carboxylic acids is 1. The second-order valence-corrected chi connectivity index (χ2v) is 10.8. The molecule has 0 saturated carbocycles. The number of amides is 1. The maximum Gasteiger partial charge on any atom is 0.224 e. The van der Waals surface area contributed by atoms with E-state index in [9.17, 15) is 4.79 Å². The number of nitrogens with one attached hydrogen (secondary N) is 1. The van der Waals surface area contributed by atoms with Crippen molar-refractivity contribution in [3.63, 3.8) is 0 Å². The maximum atomic E-state index is 13.0. The van der Waals surface area contributed by atoms with Crippen molar-refractivity contribution in [1.29, 1.82) is 0 Å². The fourth-order valence-electron chi connectivity index (χ4n) is 5.41. The number of imidazole rings is 1. The van der Waals surface area contributed by atoms with Gasteiger partial charge < -0.3 is 9.88 Å². The Morgan fingerprint density at radius 3 is 2.03 bits per heavy atom. The predicted octanol–water partition coefficient (Wildman–Crippen LogP) is 9.04. The van der Waals surface area contributed by atoms with Crippen LogP contribution in [0.2, 0.25) is 0 Å². The Bertz CT molecular complexity index is 1280. The summed E-state index contributed by atoms with van der Waals surface area (Å²) in [6, 6.07) is 26.8. The average molecular weight is 524 g/mol. The van der Waals surface area contributed by atoms with Gasteiger partial charge in [-0.1, -0.05) is 131 Å². The molecule has 1 unspecified atom stereocenters. The molecule has 4 rings (SSSR count). The molecule has 1 N–H and O–H groups in total. The van der Waals surface area contributed by atoms with Gasteiger partial charge in [0.2, 0.25) is 5.91 Å². The third-order valence-electron chi connectivity index (χ3n) is 7.61. The van der Waals surface area contributed by atoms with Crippen molar-refractivity contribution in [2.24, 2.45) is 0 Å². The molecule has 1 heterocycles. The molecule has 0 aliphatic rings. The lowest BCUT2D eigenvalue weighted by molar-refractivity contribution is -0.121. The first-order valence-corrected chi connectivity index (χ1v) is 15.0. The monoisotopic (exact) mass is 523 g/mol. The lowest BCUT2D eigenvalue weighted by Gasteiger charge is -2.17. The minimum absolute atomic E-state index is 0.0208. The largest absolute Gasteiger partial charge is 0.346 e. The zero-order valence-corrected chi connectivity index (χ0v) is 23.9. The third-order valence-corrected chi connectivity index (χ3v) is 7.61. The number of benzene rings is 3. The van der Waals surface area contributed by atoms with Gasteiger partial charge >= 0.3 is 0 Å². The molecule has 0 spiro atoms. The van der Waals surface area contributed by atoms with Crippen LogP contribution in [0.5, 0.6) is 0 Å². The molecule has 4 nitrogen and oxygen atoms in total. The lowest BCUT2D eigenvalue weighted by Crippen LogP contribution is -2.30. The van der Waals surface area contributed by atoms with E-state index in [0.29, 0.717) is 6.42 Å². The zero-order chi connectivity index (χ0) is 27.3. The van der Waals surface area contributed by atoms with Crippen LogP contribution in [-0.4, -0.2) is 15.5 Å². The Balaban J connectivity index is 1.29. The van der Waals surface area contributed by atoms with Crippen molar-refractivity contribution in [3.8, 4) is 11.1 Å². The highest BCUT2D eigenvalue weighted by atomic mass is 16.1. The number of para-hydroxylation sites is 2. The lowest BCUT2D eigenvalue weighted by atomic mass is 10.0. The summed E-state index contributed by atoms with van der Waals surface area (Å²) in [6.45, 7) is 5.26. The molecule has 4 heteroatoms.